The van der Waals surface area contributed by atoms with Crippen LogP contribution >= 0.6 is 12.4 Å². The van der Waals surface area contributed by atoms with Crippen LogP contribution in [0.2, 0.25) is 0 Å². The van der Waals surface area contributed by atoms with E-state index in [0.29, 0.717) is 25.1 Å². The first-order chi connectivity index (χ1) is 12.5. The minimum Gasteiger partial charge on any atom is -0.494 e. The van der Waals surface area contributed by atoms with E-state index in [9.17, 15) is 14.3 Å². The summed E-state index contributed by atoms with van der Waals surface area (Å²) in [4.78, 5) is 12.7. The minimum absolute atomic E-state index is 0. The summed E-state index contributed by atoms with van der Waals surface area (Å²) in [6, 6.07) is 13.9. The Labute approximate surface area is 164 Å². The second-order valence-electron chi connectivity index (χ2n) is 6.50. The zero-order valence-corrected chi connectivity index (χ0v) is 15.9. The maximum absolute atomic E-state index is 13.9. The number of amides is 1. The van der Waals surface area contributed by atoms with Gasteiger partial charge in [-0.2, -0.15) is 0 Å². The van der Waals surface area contributed by atoms with Crippen LogP contribution in [0.5, 0.6) is 5.75 Å². The van der Waals surface area contributed by atoms with Gasteiger partial charge in [0.2, 0.25) is 5.91 Å². The van der Waals surface area contributed by atoms with Gasteiger partial charge in [0.1, 0.15) is 0 Å². The Morgan fingerprint density at radius 3 is 2.70 bits per heavy atom. The van der Waals surface area contributed by atoms with E-state index in [1.807, 2.05) is 30.3 Å². The van der Waals surface area contributed by atoms with Crippen molar-refractivity contribution < 1.29 is 19.0 Å². The number of β-amino-alcohol motifs (C(OH)–C–C–N with tert-alkyl or cyclic N) is 1. The van der Waals surface area contributed by atoms with Crippen molar-refractivity contribution in [3.8, 4) is 5.75 Å². The molecule has 1 heterocycles. The molecule has 1 saturated heterocycles. The maximum Gasteiger partial charge on any atom is 0.225 e. The fraction of sp³-hybridized carbons (Fsp3) is 0.350. The molecule has 7 heteroatoms. The Morgan fingerprint density at radius 1 is 1.33 bits per heavy atom. The summed E-state index contributed by atoms with van der Waals surface area (Å²) in [5.41, 5.74) is 0.560. The summed E-state index contributed by atoms with van der Waals surface area (Å²) in [6.07, 6.45) is -0.161. The van der Waals surface area contributed by atoms with Gasteiger partial charge in [-0.15, -0.1) is 12.4 Å². The van der Waals surface area contributed by atoms with E-state index in [-0.39, 0.29) is 30.5 Å². The van der Waals surface area contributed by atoms with Gasteiger partial charge in [-0.3, -0.25) is 4.79 Å². The van der Waals surface area contributed by atoms with E-state index in [1.54, 1.807) is 6.07 Å². The van der Waals surface area contributed by atoms with E-state index < -0.39 is 17.5 Å². The molecule has 0 spiro atoms. The van der Waals surface area contributed by atoms with Crippen molar-refractivity contribution in [1.82, 2.24) is 10.6 Å². The third-order valence-electron chi connectivity index (χ3n) is 4.83. The zero-order valence-electron chi connectivity index (χ0n) is 15.1. The summed E-state index contributed by atoms with van der Waals surface area (Å²) in [5.74, 6) is -0.625. The second-order valence-corrected chi connectivity index (χ2v) is 6.50. The van der Waals surface area contributed by atoms with Gasteiger partial charge in [-0.1, -0.05) is 36.4 Å². The van der Waals surface area contributed by atoms with Crippen molar-refractivity contribution in [3.05, 3.63) is 65.5 Å². The van der Waals surface area contributed by atoms with Crippen molar-refractivity contribution in [2.75, 3.05) is 20.2 Å². The molecular formula is C20H24ClFN2O3. The highest BCUT2D eigenvalue weighted by Crippen LogP contribution is 2.31. The average molecular weight is 395 g/mol. The number of aliphatic hydroxyl groups excluding tert-OH is 1. The van der Waals surface area contributed by atoms with E-state index in [4.69, 9.17) is 4.74 Å². The molecule has 5 nitrogen and oxygen atoms in total. The summed E-state index contributed by atoms with van der Waals surface area (Å²) in [7, 11) is 1.40. The molecule has 2 atom stereocenters. The minimum atomic E-state index is -0.853. The number of hydrogen-bond acceptors (Lipinski definition) is 4. The third-order valence-corrected chi connectivity index (χ3v) is 4.83. The van der Waals surface area contributed by atoms with Crippen molar-refractivity contribution in [2.45, 2.75) is 24.5 Å². The average Bonchev–Trinajstić information content (AvgIpc) is 2.64. The van der Waals surface area contributed by atoms with Gasteiger partial charge in [0.15, 0.2) is 11.6 Å². The number of piperidine rings is 1. The fourth-order valence-corrected chi connectivity index (χ4v) is 3.45. The molecule has 2 aromatic carbocycles. The molecular weight excluding hydrogens is 371 g/mol. The quantitative estimate of drug-likeness (QED) is 0.727. The van der Waals surface area contributed by atoms with Crippen LogP contribution in [0.4, 0.5) is 4.39 Å². The molecule has 1 aliphatic rings. The van der Waals surface area contributed by atoms with E-state index in [1.165, 1.54) is 19.2 Å². The third kappa shape index (κ3) is 4.58. The molecule has 146 valence electrons. The van der Waals surface area contributed by atoms with Gasteiger partial charge in [0.05, 0.1) is 25.2 Å². The van der Waals surface area contributed by atoms with Crippen LogP contribution in [0.15, 0.2) is 48.5 Å². The topological polar surface area (TPSA) is 70.6 Å². The lowest BCUT2D eigenvalue weighted by Crippen LogP contribution is -2.61. The number of carbonyl (C=O) groups is 1. The van der Waals surface area contributed by atoms with Crippen LogP contribution in [0.3, 0.4) is 0 Å². The van der Waals surface area contributed by atoms with Crippen molar-refractivity contribution in [3.63, 3.8) is 0 Å². The van der Waals surface area contributed by atoms with Crippen LogP contribution < -0.4 is 15.4 Å². The number of methoxy groups -OCH3 is 1. The van der Waals surface area contributed by atoms with Crippen LogP contribution in [-0.2, 0) is 16.8 Å². The Kier molecular flexibility index (Phi) is 7.18. The van der Waals surface area contributed by atoms with Gasteiger partial charge in [-0.25, -0.2) is 4.39 Å². The Hall–Kier alpha value is -2.15. The Morgan fingerprint density at radius 2 is 2.07 bits per heavy atom. The zero-order chi connectivity index (χ0) is 18.6. The highest BCUT2D eigenvalue weighted by Gasteiger charge is 2.42. The number of hydrogen-bond donors (Lipinski definition) is 3. The first-order valence-electron chi connectivity index (χ1n) is 8.63. The number of ether oxygens (including phenoxy) is 1. The number of halogens is 2. The van der Waals surface area contributed by atoms with Crippen LogP contribution in [0.1, 0.15) is 17.5 Å². The predicted octanol–water partition coefficient (Wildman–Crippen LogP) is 2.16. The lowest BCUT2D eigenvalue weighted by molar-refractivity contribution is -0.125. The summed E-state index contributed by atoms with van der Waals surface area (Å²) >= 11 is 0. The molecule has 0 saturated carbocycles. The highest BCUT2D eigenvalue weighted by molar-refractivity contribution is 5.85. The molecule has 0 bridgehead atoms. The van der Waals surface area contributed by atoms with Crippen molar-refractivity contribution in [2.24, 2.45) is 0 Å². The Balaban J connectivity index is 0.00000261. The number of rotatable bonds is 5. The molecule has 3 N–H and O–H groups in total. The molecule has 0 aromatic heterocycles. The summed E-state index contributed by atoms with van der Waals surface area (Å²) < 4.78 is 18.8. The molecule has 0 radical (unpaired) electrons. The molecule has 1 amide bonds. The van der Waals surface area contributed by atoms with Crippen LogP contribution in [0, 0.1) is 5.82 Å². The monoisotopic (exact) mass is 394 g/mol. The first-order valence-corrected chi connectivity index (χ1v) is 8.63. The number of aliphatic hydroxyl groups is 1. The molecule has 0 unspecified atom stereocenters. The van der Waals surface area contributed by atoms with Gasteiger partial charge in [-0.05, 0) is 36.2 Å². The van der Waals surface area contributed by atoms with E-state index >= 15 is 0 Å². The lowest BCUT2D eigenvalue weighted by Gasteiger charge is -2.43. The molecule has 27 heavy (non-hydrogen) atoms. The SMILES string of the molecule is COc1ccc(CC(=O)N[C@]2(c3ccccc3)CCNC[C@H]2O)cc1F.Cl. The van der Waals surface area contributed by atoms with Crippen LogP contribution in [0.25, 0.3) is 0 Å². The number of benzene rings is 2. The molecule has 2 aromatic rings. The van der Waals surface area contributed by atoms with Crippen LogP contribution in [-0.4, -0.2) is 37.3 Å². The van der Waals surface area contributed by atoms with E-state index in [2.05, 4.69) is 10.6 Å². The number of nitrogens with one attached hydrogen (secondary N) is 2. The van der Waals surface area contributed by atoms with Gasteiger partial charge in [0.25, 0.3) is 0 Å². The molecule has 1 fully saturated rings. The number of carbonyl (C=O) groups excluding carboxylic acids is 1. The second kappa shape index (κ2) is 9.17. The maximum atomic E-state index is 13.9. The molecule has 3 rings (SSSR count). The summed E-state index contributed by atoms with van der Waals surface area (Å²) in [5, 5.41) is 16.8. The van der Waals surface area contributed by atoms with Gasteiger partial charge in [0, 0.05) is 6.54 Å². The first kappa shape index (κ1) is 21.2. The normalized spacial score (nSPS) is 21.8. The smallest absolute Gasteiger partial charge is 0.225 e. The lowest BCUT2D eigenvalue weighted by atomic mass is 9.79. The fourth-order valence-electron chi connectivity index (χ4n) is 3.45. The summed E-state index contributed by atoms with van der Waals surface area (Å²) in [6.45, 7) is 1.08. The molecule has 0 aliphatic carbocycles. The predicted molar refractivity (Wildman–Crippen MR) is 104 cm³/mol. The largest absolute Gasteiger partial charge is 0.494 e. The van der Waals surface area contributed by atoms with Crippen molar-refractivity contribution in [1.29, 1.82) is 0 Å². The highest BCUT2D eigenvalue weighted by atomic mass is 35.5. The van der Waals surface area contributed by atoms with Gasteiger partial charge >= 0.3 is 0 Å². The molecule has 1 aliphatic heterocycles. The standard InChI is InChI=1S/C20H23FN2O3.ClH/c1-26-17-8-7-14(11-16(17)21)12-19(25)23-20(9-10-22-13-18(20)24)15-5-3-2-4-6-15;/h2-8,11,18,22,24H,9-10,12-13H2,1H3,(H,23,25);1H/t18-,20+;/m1./s1. The van der Waals surface area contributed by atoms with E-state index in [0.717, 1.165) is 5.56 Å². The van der Waals surface area contributed by atoms with Gasteiger partial charge < -0.3 is 20.5 Å². The Bertz CT molecular complexity index is 775. The van der Waals surface area contributed by atoms with Crippen molar-refractivity contribution >= 4 is 18.3 Å².